The van der Waals surface area contributed by atoms with Crippen LogP contribution in [0, 0.1) is 0 Å². The Labute approximate surface area is 79.5 Å². The summed E-state index contributed by atoms with van der Waals surface area (Å²) in [5, 5.41) is 9.53. The molecule has 3 heteroatoms. The molecule has 0 aromatic heterocycles. The van der Waals surface area contributed by atoms with Crippen molar-refractivity contribution in [2.24, 2.45) is 5.73 Å². The normalized spacial score (nSPS) is 27.2. The molecule has 2 rings (SSSR count). The Kier molecular flexibility index (Phi) is 1.85. The van der Waals surface area contributed by atoms with Crippen molar-refractivity contribution in [2.75, 3.05) is 0 Å². The lowest BCUT2D eigenvalue weighted by molar-refractivity contribution is 0.467. The maximum absolute atomic E-state index is 9.53. The van der Waals surface area contributed by atoms with Gasteiger partial charge in [0.15, 0.2) is 0 Å². The van der Waals surface area contributed by atoms with Crippen LogP contribution >= 0.6 is 15.9 Å². The van der Waals surface area contributed by atoms with Gasteiger partial charge in [-0.05, 0) is 18.6 Å². The van der Waals surface area contributed by atoms with E-state index in [-0.39, 0.29) is 6.04 Å². The van der Waals surface area contributed by atoms with Crippen molar-refractivity contribution in [1.82, 2.24) is 0 Å². The van der Waals surface area contributed by atoms with E-state index < -0.39 is 0 Å². The summed E-state index contributed by atoms with van der Waals surface area (Å²) in [5.74, 6) is 0.697. The summed E-state index contributed by atoms with van der Waals surface area (Å²) in [5.41, 5.74) is 6.67. The number of phenols is 1. The summed E-state index contributed by atoms with van der Waals surface area (Å²) in [6, 6.07) is 5.68. The van der Waals surface area contributed by atoms with Crippen molar-refractivity contribution in [3.8, 4) is 5.75 Å². The molecular formula is C9H10BrNO. The molecule has 0 unspecified atom stereocenters. The first-order valence-electron chi connectivity index (χ1n) is 3.93. The predicted molar refractivity (Wildman–Crippen MR) is 51.1 cm³/mol. The first-order chi connectivity index (χ1) is 5.70. The number of rotatable bonds is 1. The van der Waals surface area contributed by atoms with Crippen LogP contribution in [-0.4, -0.2) is 11.1 Å². The molecule has 0 amide bonds. The van der Waals surface area contributed by atoms with Crippen LogP contribution in [0.5, 0.6) is 5.75 Å². The zero-order valence-electron chi connectivity index (χ0n) is 6.50. The molecule has 0 radical (unpaired) electrons. The van der Waals surface area contributed by atoms with Crippen molar-refractivity contribution in [3.63, 3.8) is 0 Å². The smallest absolute Gasteiger partial charge is 0.120 e. The first-order valence-corrected chi connectivity index (χ1v) is 4.72. The van der Waals surface area contributed by atoms with Crippen LogP contribution in [0.25, 0.3) is 0 Å². The minimum absolute atomic E-state index is 0.231. The Balaban J connectivity index is 2.41. The first kappa shape index (κ1) is 8.08. The number of hydrogen-bond donors (Lipinski definition) is 2. The van der Waals surface area contributed by atoms with Gasteiger partial charge in [-0.25, -0.2) is 0 Å². The zero-order chi connectivity index (χ0) is 8.72. The number of phenolic OH excluding ortho intramolecular Hbond substituents is 1. The molecular weight excluding hydrogens is 218 g/mol. The highest BCUT2D eigenvalue weighted by molar-refractivity contribution is 9.10. The molecule has 2 atom stereocenters. The van der Waals surface area contributed by atoms with E-state index in [4.69, 9.17) is 5.73 Å². The molecule has 1 fully saturated rings. The number of aromatic hydroxyl groups is 1. The van der Waals surface area contributed by atoms with E-state index in [9.17, 15) is 5.11 Å². The van der Waals surface area contributed by atoms with Gasteiger partial charge in [0.2, 0.25) is 0 Å². The van der Waals surface area contributed by atoms with Gasteiger partial charge in [-0.1, -0.05) is 22.0 Å². The fraction of sp³-hybridized carbons (Fsp3) is 0.333. The summed E-state index contributed by atoms with van der Waals surface area (Å²) < 4.78 is 0.959. The van der Waals surface area contributed by atoms with Crippen LogP contribution in [0.1, 0.15) is 17.9 Å². The molecule has 1 aromatic carbocycles. The molecule has 0 spiro atoms. The van der Waals surface area contributed by atoms with Gasteiger partial charge in [-0.3, -0.25) is 0 Å². The summed E-state index contributed by atoms with van der Waals surface area (Å²) in [4.78, 5) is 0. The Bertz CT molecular complexity index is 293. The van der Waals surface area contributed by atoms with E-state index in [0.29, 0.717) is 11.7 Å². The second-order valence-corrected chi connectivity index (χ2v) is 4.03. The lowest BCUT2D eigenvalue weighted by Gasteiger charge is -2.04. The summed E-state index contributed by atoms with van der Waals surface area (Å²) >= 11 is 3.40. The largest absolute Gasteiger partial charge is 0.508 e. The van der Waals surface area contributed by atoms with Crippen molar-refractivity contribution < 1.29 is 5.11 Å². The quantitative estimate of drug-likeness (QED) is 0.771. The third kappa shape index (κ3) is 1.23. The van der Waals surface area contributed by atoms with Gasteiger partial charge in [-0.15, -0.1) is 0 Å². The second kappa shape index (κ2) is 2.75. The third-order valence-corrected chi connectivity index (χ3v) is 2.93. The Morgan fingerprint density at radius 2 is 2.17 bits per heavy atom. The monoisotopic (exact) mass is 227 g/mol. The fourth-order valence-electron chi connectivity index (χ4n) is 1.44. The lowest BCUT2D eigenvalue weighted by atomic mass is 10.1. The van der Waals surface area contributed by atoms with Gasteiger partial charge in [0.1, 0.15) is 5.75 Å². The van der Waals surface area contributed by atoms with Crippen LogP contribution in [0.2, 0.25) is 0 Å². The van der Waals surface area contributed by atoms with Crippen molar-refractivity contribution in [2.45, 2.75) is 18.4 Å². The molecule has 1 aromatic rings. The van der Waals surface area contributed by atoms with Crippen molar-refractivity contribution in [1.29, 1.82) is 0 Å². The standard InChI is InChI=1S/C9H10BrNO/c10-6-2-1-3-8(12)9(6)5-4-7(5)11/h1-3,5,7,12H,4,11H2/t5-,7-/m1/s1. The van der Waals surface area contributed by atoms with Crippen LogP contribution in [0.15, 0.2) is 22.7 Å². The van der Waals surface area contributed by atoms with E-state index in [1.165, 1.54) is 0 Å². The number of halogens is 1. The maximum atomic E-state index is 9.53. The number of benzene rings is 1. The Morgan fingerprint density at radius 1 is 1.50 bits per heavy atom. The van der Waals surface area contributed by atoms with Gasteiger partial charge in [0, 0.05) is 22.0 Å². The zero-order valence-corrected chi connectivity index (χ0v) is 8.08. The van der Waals surface area contributed by atoms with Gasteiger partial charge in [-0.2, -0.15) is 0 Å². The maximum Gasteiger partial charge on any atom is 0.120 e. The number of nitrogens with two attached hydrogens (primary N) is 1. The van der Waals surface area contributed by atoms with E-state index in [2.05, 4.69) is 15.9 Å². The van der Waals surface area contributed by atoms with Gasteiger partial charge in [0.25, 0.3) is 0 Å². The molecule has 12 heavy (non-hydrogen) atoms. The van der Waals surface area contributed by atoms with Crippen LogP contribution < -0.4 is 5.73 Å². The lowest BCUT2D eigenvalue weighted by Crippen LogP contribution is -2.01. The summed E-state index contributed by atoms with van der Waals surface area (Å²) in [7, 11) is 0. The second-order valence-electron chi connectivity index (χ2n) is 3.18. The molecule has 1 aliphatic carbocycles. The average Bonchev–Trinajstić information content (AvgIpc) is 2.67. The third-order valence-electron chi connectivity index (χ3n) is 2.24. The van der Waals surface area contributed by atoms with E-state index in [0.717, 1.165) is 16.5 Å². The van der Waals surface area contributed by atoms with Gasteiger partial charge < -0.3 is 10.8 Å². The van der Waals surface area contributed by atoms with E-state index in [1.54, 1.807) is 6.07 Å². The molecule has 2 nitrogen and oxygen atoms in total. The minimum Gasteiger partial charge on any atom is -0.508 e. The van der Waals surface area contributed by atoms with Crippen molar-refractivity contribution in [3.05, 3.63) is 28.2 Å². The molecule has 0 bridgehead atoms. The van der Waals surface area contributed by atoms with Gasteiger partial charge >= 0.3 is 0 Å². The summed E-state index contributed by atoms with van der Waals surface area (Å²) in [6.45, 7) is 0. The Morgan fingerprint density at radius 3 is 2.67 bits per heavy atom. The van der Waals surface area contributed by atoms with E-state index >= 15 is 0 Å². The SMILES string of the molecule is N[C@@H]1C[C@H]1c1c(O)cccc1Br. The fourth-order valence-corrected chi connectivity index (χ4v) is 2.09. The van der Waals surface area contributed by atoms with Crippen LogP contribution in [0.4, 0.5) is 0 Å². The topological polar surface area (TPSA) is 46.2 Å². The molecule has 0 saturated heterocycles. The highest BCUT2D eigenvalue weighted by atomic mass is 79.9. The average molecular weight is 228 g/mol. The van der Waals surface area contributed by atoms with Crippen LogP contribution in [-0.2, 0) is 0 Å². The summed E-state index contributed by atoms with van der Waals surface area (Å²) in [6.07, 6.45) is 0.982. The Hall–Kier alpha value is -0.540. The molecule has 0 heterocycles. The molecule has 0 aliphatic heterocycles. The molecule has 64 valence electrons. The number of hydrogen-bond acceptors (Lipinski definition) is 2. The van der Waals surface area contributed by atoms with E-state index in [1.807, 2.05) is 12.1 Å². The van der Waals surface area contributed by atoms with Gasteiger partial charge in [0.05, 0.1) is 0 Å². The van der Waals surface area contributed by atoms with Crippen LogP contribution in [0.3, 0.4) is 0 Å². The highest BCUT2D eigenvalue weighted by Crippen LogP contribution is 2.46. The molecule has 3 N–H and O–H groups in total. The minimum atomic E-state index is 0.231. The predicted octanol–water partition coefficient (Wildman–Crippen LogP) is 1.97. The molecule has 1 aliphatic rings. The van der Waals surface area contributed by atoms with Crippen molar-refractivity contribution >= 4 is 15.9 Å². The highest BCUT2D eigenvalue weighted by Gasteiger charge is 2.37. The molecule has 1 saturated carbocycles.